The minimum absolute atomic E-state index is 0.491. The second-order valence-corrected chi connectivity index (χ2v) is 9.65. The molecular weight excluding hydrogens is 456 g/mol. The summed E-state index contributed by atoms with van der Waals surface area (Å²) in [5.41, 5.74) is 11.0. The summed E-state index contributed by atoms with van der Waals surface area (Å²) in [5.74, 6) is 0. The van der Waals surface area contributed by atoms with Crippen molar-refractivity contribution in [1.29, 1.82) is 0 Å². The van der Waals surface area contributed by atoms with E-state index in [1.54, 1.807) is 6.08 Å². The summed E-state index contributed by atoms with van der Waals surface area (Å²) >= 11 is 6.54. The third-order valence-corrected chi connectivity index (χ3v) is 7.84. The van der Waals surface area contributed by atoms with Gasteiger partial charge in [0.05, 0.1) is 5.41 Å². The number of benzene rings is 4. The molecule has 2 aliphatic carbocycles. The molecule has 36 heavy (non-hydrogen) atoms. The third-order valence-electron chi connectivity index (χ3n) is 7.64. The van der Waals surface area contributed by atoms with Crippen molar-refractivity contribution in [1.82, 2.24) is 0 Å². The van der Waals surface area contributed by atoms with Gasteiger partial charge in [-0.05, 0) is 60.9 Å². The first-order valence-corrected chi connectivity index (χ1v) is 12.4. The van der Waals surface area contributed by atoms with Gasteiger partial charge >= 0.3 is 0 Å². The van der Waals surface area contributed by atoms with Gasteiger partial charge in [-0.25, -0.2) is 0 Å². The van der Waals surface area contributed by atoms with Gasteiger partial charge in [0.1, 0.15) is 0 Å². The van der Waals surface area contributed by atoms with Crippen LogP contribution >= 0.6 is 11.6 Å². The van der Waals surface area contributed by atoms with Gasteiger partial charge in [-0.3, -0.25) is 0 Å². The first-order chi connectivity index (χ1) is 17.6. The van der Waals surface area contributed by atoms with Crippen molar-refractivity contribution in [3.8, 4) is 11.1 Å². The average molecular weight is 481 g/mol. The molecule has 0 N–H and O–H groups in total. The Morgan fingerprint density at radius 1 is 0.722 bits per heavy atom. The van der Waals surface area contributed by atoms with Gasteiger partial charge in [0.2, 0.25) is 0 Å². The van der Waals surface area contributed by atoms with Gasteiger partial charge in [0.15, 0.2) is 0 Å². The van der Waals surface area contributed by atoms with Crippen LogP contribution in [0, 0.1) is 0 Å². The summed E-state index contributed by atoms with van der Waals surface area (Å²) in [6, 6.07) is 28.3. The van der Waals surface area contributed by atoms with Crippen molar-refractivity contribution in [2.24, 2.45) is 0 Å². The second-order valence-electron chi connectivity index (χ2n) is 9.19. The zero-order valence-electron chi connectivity index (χ0n) is 20.0. The summed E-state index contributed by atoms with van der Waals surface area (Å²) in [7, 11) is 0. The van der Waals surface area contributed by atoms with Crippen molar-refractivity contribution in [2.45, 2.75) is 5.41 Å². The topological polar surface area (TPSA) is 0 Å². The lowest BCUT2D eigenvalue weighted by atomic mass is 9.69. The van der Waals surface area contributed by atoms with Crippen LogP contribution in [0.1, 0.15) is 27.8 Å². The zero-order chi connectivity index (χ0) is 25.0. The number of allylic oxidation sites excluding steroid dienone is 8. The lowest BCUT2D eigenvalue weighted by Crippen LogP contribution is -2.26. The van der Waals surface area contributed by atoms with Crippen molar-refractivity contribution in [3.63, 3.8) is 0 Å². The Labute approximate surface area is 217 Å². The molecule has 0 radical (unpaired) electrons. The minimum atomic E-state index is -0.500. The van der Waals surface area contributed by atoms with Gasteiger partial charge in [0.25, 0.3) is 0 Å². The fraction of sp³-hybridized carbons (Fsp3) is 0.0286. The highest BCUT2D eigenvalue weighted by Gasteiger charge is 2.52. The SMILES string of the molecule is C=C/C=C(\C(=C)Cl)c1cccc2c1-c1ccccc1C21C(C=C)=C(C=C)c2c1ccc1ccccc21. The number of halogens is 1. The van der Waals surface area contributed by atoms with Crippen LogP contribution in [0.15, 0.2) is 140 Å². The van der Waals surface area contributed by atoms with Crippen molar-refractivity contribution in [2.75, 3.05) is 0 Å². The van der Waals surface area contributed by atoms with E-state index in [0.29, 0.717) is 5.03 Å². The van der Waals surface area contributed by atoms with Crippen LogP contribution in [0.3, 0.4) is 0 Å². The number of hydrogen-bond donors (Lipinski definition) is 0. The molecule has 0 nitrogen and oxygen atoms in total. The average Bonchev–Trinajstić information content (AvgIpc) is 3.38. The Morgan fingerprint density at radius 2 is 1.44 bits per heavy atom. The van der Waals surface area contributed by atoms with Crippen LogP contribution in [0.4, 0.5) is 0 Å². The fourth-order valence-corrected chi connectivity index (χ4v) is 6.57. The maximum atomic E-state index is 6.54. The lowest BCUT2D eigenvalue weighted by Gasteiger charge is -2.31. The van der Waals surface area contributed by atoms with Crippen LogP contribution in [0.25, 0.3) is 33.0 Å². The van der Waals surface area contributed by atoms with E-state index in [0.717, 1.165) is 22.3 Å². The molecule has 0 aromatic heterocycles. The number of hydrogen-bond acceptors (Lipinski definition) is 0. The molecule has 0 fully saturated rings. The van der Waals surface area contributed by atoms with E-state index in [4.69, 9.17) is 11.6 Å². The van der Waals surface area contributed by atoms with E-state index in [1.165, 1.54) is 44.2 Å². The molecule has 1 atom stereocenters. The zero-order valence-corrected chi connectivity index (χ0v) is 20.8. The van der Waals surface area contributed by atoms with Crippen molar-refractivity contribution in [3.05, 3.63) is 168 Å². The van der Waals surface area contributed by atoms with Crippen LogP contribution in [0.5, 0.6) is 0 Å². The summed E-state index contributed by atoms with van der Waals surface area (Å²) < 4.78 is 0. The largest absolute Gasteiger partial charge is 0.0990 e. The van der Waals surface area contributed by atoms with Crippen LogP contribution in [-0.2, 0) is 5.41 Å². The molecular formula is C35H25Cl. The highest BCUT2D eigenvalue weighted by molar-refractivity contribution is 6.37. The van der Waals surface area contributed by atoms with Crippen molar-refractivity contribution >= 4 is 33.5 Å². The van der Waals surface area contributed by atoms with Gasteiger partial charge in [-0.1, -0.05) is 141 Å². The van der Waals surface area contributed by atoms with Crippen LogP contribution in [-0.4, -0.2) is 0 Å². The Balaban J connectivity index is 1.84. The van der Waals surface area contributed by atoms with E-state index >= 15 is 0 Å². The molecule has 0 amide bonds. The van der Waals surface area contributed by atoms with E-state index in [-0.39, 0.29) is 0 Å². The molecule has 1 unspecified atom stereocenters. The summed E-state index contributed by atoms with van der Waals surface area (Å²) in [6.07, 6.45) is 7.71. The standard InChI is InChI=1S/C35H25Cl/c1-5-13-25(22(4)36)27-17-12-19-31-34(27)28-16-10-11-18-30(28)35(31)29(7-3)24(6-2)33-26-15-9-8-14-23(26)20-21-32(33)35/h5-21H,1-4H2/b25-13+. The van der Waals surface area contributed by atoms with E-state index in [1.807, 2.05) is 18.2 Å². The summed E-state index contributed by atoms with van der Waals surface area (Å²) in [5, 5.41) is 2.93. The number of fused-ring (bicyclic) bond motifs is 9. The first kappa shape index (κ1) is 22.3. The molecule has 0 saturated carbocycles. The molecule has 6 rings (SSSR count). The number of rotatable bonds is 5. The smallest absolute Gasteiger partial charge is 0.0725 e. The second kappa shape index (κ2) is 8.22. The van der Waals surface area contributed by atoms with Crippen molar-refractivity contribution < 1.29 is 0 Å². The van der Waals surface area contributed by atoms with Gasteiger partial charge in [0, 0.05) is 10.6 Å². The van der Waals surface area contributed by atoms with Gasteiger partial charge in [-0.15, -0.1) is 0 Å². The highest BCUT2D eigenvalue weighted by atomic mass is 35.5. The maximum Gasteiger partial charge on any atom is 0.0725 e. The molecule has 4 aromatic carbocycles. The molecule has 0 saturated heterocycles. The van der Waals surface area contributed by atoms with E-state index < -0.39 is 5.41 Å². The maximum absolute atomic E-state index is 6.54. The molecule has 1 spiro atoms. The Morgan fingerprint density at radius 3 is 2.19 bits per heavy atom. The molecule has 0 bridgehead atoms. The van der Waals surface area contributed by atoms with Crippen LogP contribution < -0.4 is 0 Å². The normalized spacial score (nSPS) is 17.6. The Hall–Kier alpha value is -4.13. The fourth-order valence-electron chi connectivity index (χ4n) is 6.41. The van der Waals surface area contributed by atoms with Crippen LogP contribution in [0.2, 0.25) is 0 Å². The first-order valence-electron chi connectivity index (χ1n) is 12.0. The van der Waals surface area contributed by atoms with E-state index in [2.05, 4.69) is 105 Å². The third kappa shape index (κ3) is 2.71. The predicted molar refractivity (Wildman–Crippen MR) is 156 cm³/mol. The highest BCUT2D eigenvalue weighted by Crippen LogP contribution is 2.64. The summed E-state index contributed by atoms with van der Waals surface area (Å²) in [6.45, 7) is 16.5. The molecule has 172 valence electrons. The molecule has 4 aromatic rings. The van der Waals surface area contributed by atoms with Gasteiger partial charge in [-0.2, -0.15) is 0 Å². The molecule has 0 heterocycles. The molecule has 0 aliphatic heterocycles. The quantitative estimate of drug-likeness (QED) is 0.249. The van der Waals surface area contributed by atoms with E-state index in [9.17, 15) is 0 Å². The minimum Gasteiger partial charge on any atom is -0.0990 e. The Bertz CT molecular complexity index is 1710. The lowest BCUT2D eigenvalue weighted by molar-refractivity contribution is 0.787. The van der Waals surface area contributed by atoms with Gasteiger partial charge < -0.3 is 0 Å². The molecule has 1 heteroatoms. The predicted octanol–water partition coefficient (Wildman–Crippen LogP) is 9.62. The summed E-state index contributed by atoms with van der Waals surface area (Å²) in [4.78, 5) is 0. The monoisotopic (exact) mass is 480 g/mol. The Kier molecular flexibility index (Phi) is 5.10. The molecule has 2 aliphatic rings.